The van der Waals surface area contributed by atoms with E-state index in [1.54, 1.807) is 33.4 Å². The highest BCUT2D eigenvalue weighted by molar-refractivity contribution is 5.38. The maximum Gasteiger partial charge on any atom is -0.0238 e. The number of aryl methyl sites for hydroxylation is 6. The molecule has 0 saturated heterocycles. The van der Waals surface area contributed by atoms with Gasteiger partial charge in [0.25, 0.3) is 0 Å². The van der Waals surface area contributed by atoms with Crippen molar-refractivity contribution >= 4 is 0 Å². The van der Waals surface area contributed by atoms with E-state index < -0.39 is 0 Å². The number of rotatable bonds is 0. The third-order valence-corrected chi connectivity index (χ3v) is 4.33. The maximum absolute atomic E-state index is 2.43. The van der Waals surface area contributed by atoms with Crippen LogP contribution in [0, 0.1) is 0 Å². The Bertz CT molecular complexity index is 441. The molecule has 3 aliphatic carbocycles. The topological polar surface area (TPSA) is 0 Å². The highest BCUT2D eigenvalue weighted by atomic mass is 14.2. The molecule has 0 radical (unpaired) electrons. The molecule has 132 valence electrons. The molecule has 24 heavy (non-hydrogen) atoms. The van der Waals surface area contributed by atoms with Gasteiger partial charge in [-0.3, -0.25) is 0 Å². The van der Waals surface area contributed by atoms with Crippen molar-refractivity contribution in [2.24, 2.45) is 0 Å². The van der Waals surface area contributed by atoms with Gasteiger partial charge in [-0.25, -0.2) is 0 Å². The average molecular weight is 325 g/mol. The third kappa shape index (κ3) is 5.51. The summed E-state index contributed by atoms with van der Waals surface area (Å²) in [4.78, 5) is 0. The van der Waals surface area contributed by atoms with Gasteiger partial charge >= 0.3 is 0 Å². The third-order valence-electron chi connectivity index (χ3n) is 4.33. The molecule has 0 nitrogen and oxygen atoms in total. The lowest BCUT2D eigenvalue weighted by Crippen LogP contribution is -2.06. The van der Waals surface area contributed by atoms with Crippen molar-refractivity contribution in [3.8, 4) is 0 Å². The lowest BCUT2D eigenvalue weighted by molar-refractivity contribution is 0.857. The summed E-state index contributed by atoms with van der Waals surface area (Å²) in [6, 6.07) is 14.6. The Kier molecular flexibility index (Phi) is 9.45. The van der Waals surface area contributed by atoms with Crippen molar-refractivity contribution < 1.29 is 0 Å². The van der Waals surface area contributed by atoms with Gasteiger partial charge in [-0.2, -0.15) is 0 Å². The normalized spacial score (nSPS) is 13.2. The molecule has 6 bridgehead atoms. The summed E-state index contributed by atoms with van der Waals surface area (Å²) in [7, 11) is 0. The molecule has 0 heteroatoms. The van der Waals surface area contributed by atoms with E-state index in [2.05, 4.69) is 36.4 Å². The standard InChI is InChI=1S/C18H18.3C2H6/c1-2-14-9-17-5-3-15-7-13(1)8-16(11-15)4-6-18(10-14)12-17;3*1-2/h7-12H,1-6H2;3*1-2H3. The van der Waals surface area contributed by atoms with Crippen LogP contribution >= 0.6 is 0 Å². The second kappa shape index (κ2) is 11.1. The van der Waals surface area contributed by atoms with Crippen LogP contribution in [0.3, 0.4) is 0 Å². The molecule has 0 heterocycles. The van der Waals surface area contributed by atoms with Crippen molar-refractivity contribution in [2.45, 2.75) is 80.1 Å². The van der Waals surface area contributed by atoms with Crippen molar-refractivity contribution in [1.82, 2.24) is 0 Å². The molecule has 0 amide bonds. The highest BCUT2D eigenvalue weighted by Crippen LogP contribution is 2.23. The average Bonchev–Trinajstić information content (AvgIpc) is 2.67. The van der Waals surface area contributed by atoms with Gasteiger partial charge in [0.1, 0.15) is 0 Å². The first kappa shape index (κ1) is 20.5. The van der Waals surface area contributed by atoms with Crippen LogP contribution < -0.4 is 0 Å². The lowest BCUT2D eigenvalue weighted by atomic mass is 9.88. The summed E-state index contributed by atoms with van der Waals surface area (Å²) < 4.78 is 0. The van der Waals surface area contributed by atoms with Crippen LogP contribution in [0.4, 0.5) is 0 Å². The molecule has 5 rings (SSSR count). The van der Waals surface area contributed by atoms with Crippen LogP contribution in [0.25, 0.3) is 0 Å². The Morgan fingerprint density at radius 3 is 0.583 bits per heavy atom. The van der Waals surface area contributed by atoms with Crippen molar-refractivity contribution in [3.63, 3.8) is 0 Å². The Balaban J connectivity index is 0.000000436. The van der Waals surface area contributed by atoms with Gasteiger partial charge in [-0.05, 0) is 71.9 Å². The van der Waals surface area contributed by atoms with Gasteiger partial charge in [0, 0.05) is 0 Å². The van der Waals surface area contributed by atoms with E-state index in [1.807, 2.05) is 41.5 Å². The van der Waals surface area contributed by atoms with Gasteiger partial charge in [-0.1, -0.05) is 77.9 Å². The van der Waals surface area contributed by atoms with Gasteiger partial charge in [-0.15, -0.1) is 0 Å². The molecule has 0 aliphatic heterocycles. The first-order valence-electron chi connectivity index (χ1n) is 10.1. The number of fused-ring (bicyclic) bond motifs is 3. The van der Waals surface area contributed by atoms with Gasteiger partial charge < -0.3 is 0 Å². The summed E-state index contributed by atoms with van der Waals surface area (Å²) in [5.41, 5.74) is 9.24. The quantitative estimate of drug-likeness (QED) is 0.503. The van der Waals surface area contributed by atoms with Gasteiger partial charge in [0.15, 0.2) is 0 Å². The molecule has 0 aromatic heterocycles. The van der Waals surface area contributed by atoms with E-state index in [-0.39, 0.29) is 0 Å². The second-order valence-electron chi connectivity index (χ2n) is 5.82. The summed E-state index contributed by atoms with van der Waals surface area (Å²) in [5.74, 6) is 0. The molecule has 0 N–H and O–H groups in total. The van der Waals surface area contributed by atoms with E-state index in [1.165, 1.54) is 38.5 Å². The minimum absolute atomic E-state index is 1.20. The van der Waals surface area contributed by atoms with Crippen molar-refractivity contribution in [1.29, 1.82) is 0 Å². The predicted molar refractivity (Wildman–Crippen MR) is 109 cm³/mol. The first-order chi connectivity index (χ1) is 11.8. The highest BCUT2D eigenvalue weighted by Gasteiger charge is 2.11. The van der Waals surface area contributed by atoms with Crippen LogP contribution in [0.2, 0.25) is 0 Å². The minimum Gasteiger partial charge on any atom is -0.0683 e. The fraction of sp³-hybridized carbons (Fsp3) is 0.500. The summed E-state index contributed by atoms with van der Waals surface area (Å²) in [6.07, 6.45) is 7.19. The van der Waals surface area contributed by atoms with E-state index in [9.17, 15) is 0 Å². The van der Waals surface area contributed by atoms with E-state index in [0.29, 0.717) is 0 Å². The molecule has 3 aliphatic rings. The Labute approximate surface area is 150 Å². The van der Waals surface area contributed by atoms with Crippen LogP contribution in [0.1, 0.15) is 74.9 Å². The molecular formula is C24H36. The number of hydrogen-bond donors (Lipinski definition) is 0. The van der Waals surface area contributed by atoms with Crippen molar-refractivity contribution in [2.75, 3.05) is 0 Å². The summed E-state index contributed by atoms with van der Waals surface area (Å²) >= 11 is 0. The fourth-order valence-corrected chi connectivity index (χ4v) is 3.41. The van der Waals surface area contributed by atoms with Crippen LogP contribution in [0.5, 0.6) is 0 Å². The smallest absolute Gasteiger partial charge is 0.0238 e. The molecular weight excluding hydrogens is 288 g/mol. The second-order valence-corrected chi connectivity index (χ2v) is 5.82. The zero-order valence-electron chi connectivity index (χ0n) is 16.7. The fourth-order valence-electron chi connectivity index (χ4n) is 3.41. The number of benzene rings is 2. The van der Waals surface area contributed by atoms with Crippen LogP contribution in [-0.2, 0) is 38.5 Å². The first-order valence-corrected chi connectivity index (χ1v) is 10.1. The zero-order chi connectivity index (χ0) is 17.9. The molecule has 0 fully saturated rings. The Morgan fingerprint density at radius 1 is 0.333 bits per heavy atom. The molecule has 0 saturated carbocycles. The summed E-state index contributed by atoms with van der Waals surface area (Å²) in [6.45, 7) is 12.0. The summed E-state index contributed by atoms with van der Waals surface area (Å²) in [5, 5.41) is 0. The van der Waals surface area contributed by atoms with Crippen LogP contribution in [-0.4, -0.2) is 0 Å². The van der Waals surface area contributed by atoms with Crippen LogP contribution in [0.15, 0.2) is 36.4 Å². The van der Waals surface area contributed by atoms with E-state index in [4.69, 9.17) is 0 Å². The maximum atomic E-state index is 2.43. The Morgan fingerprint density at radius 2 is 0.458 bits per heavy atom. The van der Waals surface area contributed by atoms with Crippen molar-refractivity contribution in [3.05, 3.63) is 69.8 Å². The van der Waals surface area contributed by atoms with E-state index >= 15 is 0 Å². The molecule has 0 unspecified atom stereocenters. The van der Waals surface area contributed by atoms with Gasteiger partial charge in [0.2, 0.25) is 0 Å². The Hall–Kier alpha value is -1.56. The zero-order valence-corrected chi connectivity index (χ0v) is 16.7. The largest absolute Gasteiger partial charge is 0.0683 e. The number of hydrogen-bond acceptors (Lipinski definition) is 0. The van der Waals surface area contributed by atoms with E-state index in [0.717, 1.165) is 0 Å². The SMILES string of the molecule is CC.CC.CC.c1c2cc3cc1CCc1cc(cc(c1)CC3)CC2. The molecule has 2 aromatic rings. The minimum atomic E-state index is 1.20. The molecule has 0 atom stereocenters. The van der Waals surface area contributed by atoms with Gasteiger partial charge in [0.05, 0.1) is 0 Å². The molecule has 0 spiro atoms. The monoisotopic (exact) mass is 324 g/mol. The predicted octanol–water partition coefficient (Wildman–Crippen LogP) is 6.75. The lowest BCUT2D eigenvalue weighted by Gasteiger charge is -2.17. The molecule has 2 aromatic carbocycles.